The smallest absolute Gasteiger partial charge is 0.124 e. The average Bonchev–Trinajstić information content (AvgIpc) is 2.56. The topological polar surface area (TPSA) is 41.9 Å². The molecule has 0 radical (unpaired) electrons. The largest absolute Gasteiger partial charge is 0.511 e. The highest BCUT2D eigenvalue weighted by atomic mass is 16.5. The van der Waals surface area contributed by atoms with Crippen molar-refractivity contribution < 1.29 is 14.6 Å². The molecule has 1 aliphatic rings. The second-order valence-corrected chi connectivity index (χ2v) is 8.34. The molecule has 1 N–H and O–H groups in total. The summed E-state index contributed by atoms with van der Waals surface area (Å²) in [5.74, 6) is 1.19. The third kappa shape index (κ3) is 5.24. The monoisotopic (exact) mass is 361 g/mol. The molecule has 0 bridgehead atoms. The highest BCUT2D eigenvalue weighted by Crippen LogP contribution is 2.34. The van der Waals surface area contributed by atoms with Crippen LogP contribution in [0.2, 0.25) is 0 Å². The fourth-order valence-electron chi connectivity index (χ4n) is 3.83. The lowest BCUT2D eigenvalue weighted by molar-refractivity contribution is 0.123. The number of aliphatic hydroxyl groups is 1. The molecule has 146 valence electrons. The number of aryl methyl sites for hydroxylation is 1. The van der Waals surface area contributed by atoms with Crippen LogP contribution in [-0.4, -0.2) is 42.9 Å². The van der Waals surface area contributed by atoms with Crippen molar-refractivity contribution in [1.82, 2.24) is 4.90 Å². The second kappa shape index (κ2) is 8.92. The molecular formula is C22H35NO3. The normalized spacial score (nSPS) is 18.7. The highest BCUT2D eigenvalue weighted by molar-refractivity contribution is 5.45. The SMILES string of the molecule is C=C(O)[C@@H]1CCCCN1Cc1cc(C)c(C(C)(C)C)cc1OCCOC. The minimum atomic E-state index is 0.0400. The molecule has 1 aromatic rings. The fraction of sp³-hybridized carbons (Fsp3) is 0.636. The van der Waals surface area contributed by atoms with Gasteiger partial charge in [-0.2, -0.15) is 0 Å². The van der Waals surface area contributed by atoms with Crippen LogP contribution in [0.25, 0.3) is 0 Å². The van der Waals surface area contributed by atoms with Gasteiger partial charge >= 0.3 is 0 Å². The number of piperidine rings is 1. The van der Waals surface area contributed by atoms with Gasteiger partial charge in [-0.3, -0.25) is 4.90 Å². The zero-order valence-electron chi connectivity index (χ0n) is 17.1. The predicted molar refractivity (Wildman–Crippen MR) is 107 cm³/mol. The van der Waals surface area contributed by atoms with Gasteiger partial charge in [-0.1, -0.05) is 39.8 Å². The van der Waals surface area contributed by atoms with Crippen molar-refractivity contribution in [1.29, 1.82) is 0 Å². The van der Waals surface area contributed by atoms with Crippen molar-refractivity contribution >= 4 is 0 Å². The molecule has 0 saturated carbocycles. The Morgan fingerprint density at radius 3 is 2.62 bits per heavy atom. The molecule has 1 saturated heterocycles. The first-order chi connectivity index (χ1) is 12.2. The Kier molecular flexibility index (Phi) is 7.13. The number of likely N-dealkylation sites (tertiary alicyclic amines) is 1. The summed E-state index contributed by atoms with van der Waals surface area (Å²) in [6.07, 6.45) is 3.26. The Bertz CT molecular complexity index is 619. The van der Waals surface area contributed by atoms with Crippen molar-refractivity contribution in [2.24, 2.45) is 0 Å². The molecule has 2 rings (SSSR count). The minimum Gasteiger partial charge on any atom is -0.511 e. The molecule has 1 heterocycles. The van der Waals surface area contributed by atoms with Gasteiger partial charge in [0.1, 0.15) is 18.1 Å². The van der Waals surface area contributed by atoms with E-state index in [4.69, 9.17) is 9.47 Å². The zero-order chi connectivity index (χ0) is 19.3. The van der Waals surface area contributed by atoms with Gasteiger partial charge in [-0.15, -0.1) is 0 Å². The molecule has 0 spiro atoms. The van der Waals surface area contributed by atoms with Crippen LogP contribution in [0, 0.1) is 6.92 Å². The van der Waals surface area contributed by atoms with Crippen LogP contribution < -0.4 is 4.74 Å². The number of methoxy groups -OCH3 is 1. The minimum absolute atomic E-state index is 0.0400. The van der Waals surface area contributed by atoms with Gasteiger partial charge in [0.25, 0.3) is 0 Å². The van der Waals surface area contributed by atoms with Crippen LogP contribution in [0.5, 0.6) is 5.75 Å². The predicted octanol–water partition coefficient (Wildman–Crippen LogP) is 4.74. The molecule has 0 amide bonds. The third-order valence-electron chi connectivity index (χ3n) is 5.13. The standard InChI is InChI=1S/C22H35NO3/c1-16-13-18(15-23-10-8-7-9-20(23)17(2)24)21(26-12-11-25-6)14-19(16)22(3,4)5/h13-14,20,24H,2,7-12,15H2,1,3-6H3/t20-/m0/s1. The molecule has 1 aromatic carbocycles. The Morgan fingerprint density at radius 2 is 2.00 bits per heavy atom. The number of hydrogen-bond donors (Lipinski definition) is 1. The Labute approximate surface area is 158 Å². The second-order valence-electron chi connectivity index (χ2n) is 8.34. The maximum absolute atomic E-state index is 9.99. The van der Waals surface area contributed by atoms with E-state index in [1.165, 1.54) is 16.7 Å². The van der Waals surface area contributed by atoms with E-state index >= 15 is 0 Å². The first kappa shape index (κ1) is 20.8. The highest BCUT2D eigenvalue weighted by Gasteiger charge is 2.26. The van der Waals surface area contributed by atoms with Crippen molar-refractivity contribution in [3.8, 4) is 5.75 Å². The lowest BCUT2D eigenvalue weighted by Gasteiger charge is -2.35. The number of hydrogen-bond acceptors (Lipinski definition) is 4. The van der Waals surface area contributed by atoms with Crippen LogP contribution in [-0.2, 0) is 16.7 Å². The van der Waals surface area contributed by atoms with Gasteiger partial charge in [-0.05, 0) is 48.9 Å². The lowest BCUT2D eigenvalue weighted by Crippen LogP contribution is -2.40. The number of rotatable bonds is 7. The summed E-state index contributed by atoms with van der Waals surface area (Å²) in [7, 11) is 1.69. The molecule has 1 atom stereocenters. The molecule has 4 nitrogen and oxygen atoms in total. The van der Waals surface area contributed by atoms with E-state index in [0.717, 1.165) is 38.1 Å². The van der Waals surface area contributed by atoms with Crippen LogP contribution >= 0.6 is 0 Å². The van der Waals surface area contributed by atoms with Gasteiger partial charge in [0.05, 0.1) is 12.6 Å². The van der Waals surface area contributed by atoms with Crippen molar-refractivity contribution in [2.75, 3.05) is 26.9 Å². The maximum atomic E-state index is 9.99. The summed E-state index contributed by atoms with van der Waals surface area (Å²) in [5, 5.41) is 9.99. The molecule has 0 aliphatic carbocycles. The third-order valence-corrected chi connectivity index (χ3v) is 5.13. The number of nitrogens with zero attached hydrogens (tertiary/aromatic N) is 1. The van der Waals surface area contributed by atoms with E-state index in [2.05, 4.69) is 51.3 Å². The van der Waals surface area contributed by atoms with Crippen LogP contribution in [0.15, 0.2) is 24.5 Å². The number of ether oxygens (including phenoxy) is 2. The van der Waals surface area contributed by atoms with Gasteiger partial charge in [0, 0.05) is 19.2 Å². The van der Waals surface area contributed by atoms with Gasteiger partial charge in [0.15, 0.2) is 0 Å². The van der Waals surface area contributed by atoms with Crippen LogP contribution in [0.4, 0.5) is 0 Å². The summed E-state index contributed by atoms with van der Waals surface area (Å²) in [6.45, 7) is 15.5. The molecule has 1 fully saturated rings. The van der Waals surface area contributed by atoms with Crippen molar-refractivity contribution in [3.63, 3.8) is 0 Å². The summed E-state index contributed by atoms with van der Waals surface area (Å²) >= 11 is 0. The Hall–Kier alpha value is -1.52. The van der Waals surface area contributed by atoms with Crippen molar-refractivity contribution in [2.45, 2.75) is 65.0 Å². The van der Waals surface area contributed by atoms with Gasteiger partial charge in [0.2, 0.25) is 0 Å². The summed E-state index contributed by atoms with van der Waals surface area (Å²) in [4.78, 5) is 2.32. The number of aliphatic hydroxyl groups excluding tert-OH is 1. The quantitative estimate of drug-likeness (QED) is 0.562. The molecule has 4 heteroatoms. The first-order valence-corrected chi connectivity index (χ1v) is 9.61. The molecule has 1 aliphatic heterocycles. The van der Waals surface area contributed by atoms with Gasteiger partial charge in [-0.25, -0.2) is 0 Å². The summed E-state index contributed by atoms with van der Waals surface area (Å²) in [5.41, 5.74) is 3.81. The molecule has 0 unspecified atom stereocenters. The van der Waals surface area contributed by atoms with E-state index in [1.807, 2.05) is 0 Å². The average molecular weight is 362 g/mol. The Morgan fingerprint density at radius 1 is 1.27 bits per heavy atom. The lowest BCUT2D eigenvalue weighted by atomic mass is 9.83. The maximum Gasteiger partial charge on any atom is 0.124 e. The van der Waals surface area contributed by atoms with E-state index in [0.29, 0.717) is 13.2 Å². The van der Waals surface area contributed by atoms with Crippen LogP contribution in [0.1, 0.15) is 56.7 Å². The van der Waals surface area contributed by atoms with Crippen LogP contribution in [0.3, 0.4) is 0 Å². The summed E-state index contributed by atoms with van der Waals surface area (Å²) in [6, 6.07) is 4.47. The zero-order valence-corrected chi connectivity index (χ0v) is 17.1. The van der Waals surface area contributed by atoms with E-state index in [-0.39, 0.29) is 17.2 Å². The van der Waals surface area contributed by atoms with Gasteiger partial charge < -0.3 is 14.6 Å². The number of benzene rings is 1. The molecule has 26 heavy (non-hydrogen) atoms. The van der Waals surface area contributed by atoms with E-state index in [9.17, 15) is 5.11 Å². The summed E-state index contributed by atoms with van der Waals surface area (Å²) < 4.78 is 11.2. The first-order valence-electron chi connectivity index (χ1n) is 9.61. The Balaban J connectivity index is 2.32. The van der Waals surface area contributed by atoms with E-state index < -0.39 is 0 Å². The van der Waals surface area contributed by atoms with Crippen molar-refractivity contribution in [3.05, 3.63) is 41.2 Å². The molecular weight excluding hydrogens is 326 g/mol. The van der Waals surface area contributed by atoms with E-state index in [1.54, 1.807) is 7.11 Å². The molecule has 0 aromatic heterocycles. The fourth-order valence-corrected chi connectivity index (χ4v) is 3.83.